The highest BCUT2D eigenvalue weighted by atomic mass is 16.5. The maximum Gasteiger partial charge on any atom is 0.134 e. The Balaban J connectivity index is 1.36. The molecule has 1 atom stereocenters. The lowest BCUT2D eigenvalue weighted by Gasteiger charge is -2.35. The van der Waals surface area contributed by atoms with Gasteiger partial charge in [0.25, 0.3) is 0 Å². The first-order valence-electron chi connectivity index (χ1n) is 11.0. The Bertz CT molecular complexity index is 816. The van der Waals surface area contributed by atoms with E-state index in [0.29, 0.717) is 6.04 Å². The lowest BCUT2D eigenvalue weighted by atomic mass is 10.0. The standard InChI is InChI=1S/C23H33N5O2/c1-17-5-4-8-28(15-17)23-14-22(24-16-25-23)27-9-6-18(7-10-27)26-19-11-20(29-2)13-21(12-19)30-3/h11-14,16-18,26H,4-10,15H2,1-3H3. The molecule has 1 unspecified atom stereocenters. The molecule has 2 aliphatic heterocycles. The van der Waals surface area contributed by atoms with Gasteiger partial charge in [0.1, 0.15) is 29.5 Å². The molecule has 1 aromatic heterocycles. The van der Waals surface area contributed by atoms with Crippen molar-refractivity contribution in [2.24, 2.45) is 5.92 Å². The number of methoxy groups -OCH3 is 2. The van der Waals surface area contributed by atoms with Gasteiger partial charge in [0.05, 0.1) is 14.2 Å². The molecule has 0 amide bonds. The maximum atomic E-state index is 5.38. The summed E-state index contributed by atoms with van der Waals surface area (Å²) in [7, 11) is 3.36. The van der Waals surface area contributed by atoms with Gasteiger partial charge in [-0.3, -0.25) is 0 Å². The van der Waals surface area contributed by atoms with Gasteiger partial charge in [0, 0.05) is 62.2 Å². The molecule has 1 aromatic carbocycles. The van der Waals surface area contributed by atoms with E-state index in [1.807, 2.05) is 18.2 Å². The van der Waals surface area contributed by atoms with Crippen molar-refractivity contribution in [3.8, 4) is 11.5 Å². The van der Waals surface area contributed by atoms with Crippen LogP contribution in [0.2, 0.25) is 0 Å². The summed E-state index contributed by atoms with van der Waals surface area (Å²) < 4.78 is 10.8. The van der Waals surface area contributed by atoms with Gasteiger partial charge in [-0.2, -0.15) is 0 Å². The maximum absolute atomic E-state index is 5.38. The van der Waals surface area contributed by atoms with Crippen LogP contribution in [0.15, 0.2) is 30.6 Å². The predicted octanol–water partition coefficient (Wildman–Crippen LogP) is 3.81. The number of aromatic nitrogens is 2. The highest BCUT2D eigenvalue weighted by Gasteiger charge is 2.23. The van der Waals surface area contributed by atoms with Gasteiger partial charge in [-0.1, -0.05) is 6.92 Å². The second kappa shape index (κ2) is 9.41. The molecule has 2 fully saturated rings. The molecule has 7 nitrogen and oxygen atoms in total. The molecule has 0 radical (unpaired) electrons. The van der Waals surface area contributed by atoms with Crippen LogP contribution in [0.3, 0.4) is 0 Å². The number of rotatable bonds is 6. The van der Waals surface area contributed by atoms with E-state index < -0.39 is 0 Å². The van der Waals surface area contributed by atoms with Crippen LogP contribution in [0.5, 0.6) is 11.5 Å². The third-order valence-electron chi connectivity index (χ3n) is 6.16. The summed E-state index contributed by atoms with van der Waals surface area (Å²) in [5.41, 5.74) is 1.04. The van der Waals surface area contributed by atoms with E-state index in [2.05, 4.69) is 38.1 Å². The summed E-state index contributed by atoms with van der Waals surface area (Å²) in [5, 5.41) is 3.64. The van der Waals surface area contributed by atoms with Gasteiger partial charge in [0.15, 0.2) is 0 Å². The minimum Gasteiger partial charge on any atom is -0.497 e. The van der Waals surface area contributed by atoms with Crippen LogP contribution in [-0.4, -0.2) is 56.4 Å². The van der Waals surface area contributed by atoms with Crippen molar-refractivity contribution in [1.29, 1.82) is 0 Å². The Morgan fingerprint density at radius 1 is 0.867 bits per heavy atom. The van der Waals surface area contributed by atoms with Crippen LogP contribution in [0.4, 0.5) is 17.3 Å². The second-order valence-electron chi connectivity index (χ2n) is 8.43. The van der Waals surface area contributed by atoms with Crippen molar-refractivity contribution in [2.45, 2.75) is 38.6 Å². The lowest BCUT2D eigenvalue weighted by molar-refractivity contribution is 0.394. The number of hydrogen-bond acceptors (Lipinski definition) is 7. The molecule has 0 spiro atoms. The fourth-order valence-corrected chi connectivity index (χ4v) is 4.46. The molecule has 162 valence electrons. The summed E-state index contributed by atoms with van der Waals surface area (Å²) in [4.78, 5) is 13.9. The summed E-state index contributed by atoms with van der Waals surface area (Å²) in [6.45, 7) is 6.46. The number of hydrogen-bond donors (Lipinski definition) is 1. The lowest BCUT2D eigenvalue weighted by Crippen LogP contribution is -2.40. The van der Waals surface area contributed by atoms with E-state index in [4.69, 9.17) is 9.47 Å². The second-order valence-corrected chi connectivity index (χ2v) is 8.43. The summed E-state index contributed by atoms with van der Waals surface area (Å²) in [6, 6.07) is 8.51. The first-order chi connectivity index (χ1) is 14.6. The smallest absolute Gasteiger partial charge is 0.134 e. The SMILES string of the molecule is COc1cc(NC2CCN(c3cc(N4CCCC(C)C4)ncn3)CC2)cc(OC)c1. The molecule has 4 rings (SSSR count). The van der Waals surface area contributed by atoms with Crippen molar-refractivity contribution in [2.75, 3.05) is 55.5 Å². The average molecular weight is 412 g/mol. The van der Waals surface area contributed by atoms with E-state index in [9.17, 15) is 0 Å². The van der Waals surface area contributed by atoms with Gasteiger partial charge < -0.3 is 24.6 Å². The van der Waals surface area contributed by atoms with Crippen LogP contribution in [0, 0.1) is 5.92 Å². The molecular weight excluding hydrogens is 378 g/mol. The number of anilines is 3. The topological polar surface area (TPSA) is 62.8 Å². The van der Waals surface area contributed by atoms with Crippen molar-refractivity contribution in [1.82, 2.24) is 9.97 Å². The quantitative estimate of drug-likeness (QED) is 0.775. The van der Waals surface area contributed by atoms with Gasteiger partial charge >= 0.3 is 0 Å². The first-order valence-corrected chi connectivity index (χ1v) is 11.0. The number of ether oxygens (including phenoxy) is 2. The van der Waals surface area contributed by atoms with Crippen molar-refractivity contribution in [3.63, 3.8) is 0 Å². The van der Waals surface area contributed by atoms with Gasteiger partial charge in [-0.05, 0) is 31.6 Å². The van der Waals surface area contributed by atoms with E-state index in [0.717, 1.165) is 73.8 Å². The highest BCUT2D eigenvalue weighted by Crippen LogP contribution is 2.29. The van der Waals surface area contributed by atoms with Crippen molar-refractivity contribution >= 4 is 17.3 Å². The summed E-state index contributed by atoms with van der Waals surface area (Å²) >= 11 is 0. The number of benzene rings is 1. The first kappa shape index (κ1) is 20.6. The third kappa shape index (κ3) is 4.89. The van der Waals surface area contributed by atoms with E-state index >= 15 is 0 Å². The normalized spacial score (nSPS) is 20.2. The molecule has 2 aliphatic rings. The number of piperidine rings is 2. The van der Waals surface area contributed by atoms with Crippen molar-refractivity contribution in [3.05, 3.63) is 30.6 Å². The van der Waals surface area contributed by atoms with Crippen molar-refractivity contribution < 1.29 is 9.47 Å². The fraction of sp³-hybridized carbons (Fsp3) is 0.565. The Morgan fingerprint density at radius 2 is 1.53 bits per heavy atom. The molecule has 30 heavy (non-hydrogen) atoms. The largest absolute Gasteiger partial charge is 0.497 e. The molecule has 2 aromatic rings. The third-order valence-corrected chi connectivity index (χ3v) is 6.16. The van der Waals surface area contributed by atoms with Crippen LogP contribution in [0.1, 0.15) is 32.6 Å². The van der Waals surface area contributed by atoms with Gasteiger partial charge in [-0.15, -0.1) is 0 Å². The molecular formula is C23H33N5O2. The zero-order valence-corrected chi connectivity index (χ0v) is 18.3. The highest BCUT2D eigenvalue weighted by molar-refractivity contribution is 5.55. The van der Waals surface area contributed by atoms with E-state index in [1.54, 1.807) is 20.5 Å². The van der Waals surface area contributed by atoms with Gasteiger partial charge in [-0.25, -0.2) is 9.97 Å². The molecule has 2 saturated heterocycles. The zero-order valence-electron chi connectivity index (χ0n) is 18.3. The zero-order chi connectivity index (χ0) is 20.9. The predicted molar refractivity (Wildman–Crippen MR) is 121 cm³/mol. The van der Waals surface area contributed by atoms with Crippen LogP contribution >= 0.6 is 0 Å². The molecule has 0 bridgehead atoms. The van der Waals surface area contributed by atoms with Crippen LogP contribution in [0.25, 0.3) is 0 Å². The van der Waals surface area contributed by atoms with Crippen LogP contribution in [-0.2, 0) is 0 Å². The minimum absolute atomic E-state index is 0.419. The number of nitrogens with zero attached hydrogens (tertiary/aromatic N) is 4. The molecule has 3 heterocycles. The Kier molecular flexibility index (Phi) is 6.45. The Labute approximate surface area is 179 Å². The molecule has 0 aliphatic carbocycles. The van der Waals surface area contributed by atoms with Crippen LogP contribution < -0.4 is 24.6 Å². The Morgan fingerprint density at radius 3 is 2.17 bits per heavy atom. The molecule has 0 saturated carbocycles. The van der Waals surface area contributed by atoms with E-state index in [1.165, 1.54) is 12.8 Å². The summed E-state index contributed by atoms with van der Waals surface area (Å²) in [5.74, 6) is 4.44. The molecule has 7 heteroatoms. The minimum atomic E-state index is 0.419. The monoisotopic (exact) mass is 411 g/mol. The average Bonchev–Trinajstić information content (AvgIpc) is 2.79. The summed E-state index contributed by atoms with van der Waals surface area (Å²) in [6.07, 6.45) is 6.39. The number of nitrogens with one attached hydrogen (secondary N) is 1. The van der Waals surface area contributed by atoms with Gasteiger partial charge in [0.2, 0.25) is 0 Å². The van der Waals surface area contributed by atoms with E-state index in [-0.39, 0.29) is 0 Å². The molecule has 1 N–H and O–H groups in total. The fourth-order valence-electron chi connectivity index (χ4n) is 4.46. The Hall–Kier alpha value is -2.70.